The molecule has 2 heterocycles. The van der Waals surface area contributed by atoms with Crippen LogP contribution in [-0.2, 0) is 29.2 Å². The zero-order valence-corrected chi connectivity index (χ0v) is 40.5. The number of carbonyl (C=O) groups excluding carboxylic acids is 2. The van der Waals surface area contributed by atoms with Gasteiger partial charge < -0.3 is 49.3 Å². The Bertz CT molecular complexity index is 1890. The Morgan fingerprint density at radius 2 is 1.22 bits per heavy atom. The zero-order valence-electron chi connectivity index (χ0n) is 39.7. The molecule has 18 nitrogen and oxygen atoms in total. The molecule has 2 aliphatic heterocycles. The van der Waals surface area contributed by atoms with Crippen molar-refractivity contribution in [2.45, 2.75) is 179 Å². The molecule has 368 valence electrons. The number of ether oxygens (including phenoxy) is 6. The summed E-state index contributed by atoms with van der Waals surface area (Å²) in [5.74, 6) is 2.53. The number of fused-ring (bicyclic) bond motifs is 2. The molecular weight excluding hydrogens is 865 g/mol. The van der Waals surface area contributed by atoms with Gasteiger partial charge in [0.2, 0.25) is 6.79 Å². The Labute approximate surface area is 385 Å². The number of benzene rings is 2. The van der Waals surface area contributed by atoms with Gasteiger partial charge in [-0.25, -0.2) is 18.0 Å². The SMILES string of the molecule is CC[C@H](NC(=O)OC(C)(C)C)[C@H](O)CN(OC1CCCC1)S(=O)(=O)c1ccc2c(c1)OCCO2.CC[C@H](NC(=O)OC(C)(C)C)[C@H](O)CNOC1CCCC1.Cc1ccc2c(c1)OCO2. The van der Waals surface area contributed by atoms with Crippen molar-refractivity contribution in [3.63, 3.8) is 0 Å². The van der Waals surface area contributed by atoms with E-state index in [1.807, 2.05) is 32.0 Å². The molecule has 5 N–H and O–H groups in total. The van der Waals surface area contributed by atoms with Crippen LogP contribution >= 0.6 is 0 Å². The van der Waals surface area contributed by atoms with Gasteiger partial charge in [-0.1, -0.05) is 50.1 Å². The first-order valence-electron chi connectivity index (χ1n) is 22.9. The maximum Gasteiger partial charge on any atom is 0.407 e. The average molecular weight is 939 g/mol. The summed E-state index contributed by atoms with van der Waals surface area (Å²) in [6.07, 6.45) is 5.71. The lowest BCUT2D eigenvalue weighted by Gasteiger charge is -2.31. The molecule has 0 spiro atoms. The van der Waals surface area contributed by atoms with Gasteiger partial charge in [-0.15, -0.1) is 0 Å². The first-order chi connectivity index (χ1) is 30.7. The Morgan fingerprint density at radius 1 is 0.723 bits per heavy atom. The normalized spacial score (nSPS) is 18.0. The molecule has 2 aliphatic carbocycles. The van der Waals surface area contributed by atoms with Crippen LogP contribution in [0.3, 0.4) is 0 Å². The van der Waals surface area contributed by atoms with E-state index in [0.717, 1.165) is 54.5 Å². The fourth-order valence-electron chi connectivity index (χ4n) is 7.20. The number of rotatable bonds is 16. The number of hydrogen-bond donors (Lipinski definition) is 5. The van der Waals surface area contributed by atoms with Crippen molar-refractivity contribution in [1.82, 2.24) is 20.6 Å². The summed E-state index contributed by atoms with van der Waals surface area (Å²) in [6, 6.07) is 9.19. The summed E-state index contributed by atoms with van der Waals surface area (Å²) in [7, 11) is -4.14. The molecule has 6 rings (SSSR count). The molecule has 4 aliphatic rings. The van der Waals surface area contributed by atoms with E-state index in [-0.39, 0.29) is 36.2 Å². The van der Waals surface area contributed by atoms with Gasteiger partial charge in [0.15, 0.2) is 23.0 Å². The molecule has 4 atom stereocenters. The lowest BCUT2D eigenvalue weighted by atomic mass is 10.1. The predicted molar refractivity (Wildman–Crippen MR) is 242 cm³/mol. The number of alkyl carbamates (subject to hydrolysis) is 2. The number of carbonyl (C=O) groups is 2. The smallest absolute Gasteiger partial charge is 0.407 e. The van der Waals surface area contributed by atoms with Crippen LogP contribution in [-0.4, -0.2) is 116 Å². The lowest BCUT2D eigenvalue weighted by Crippen LogP contribution is -2.50. The number of aliphatic hydroxyl groups is 2. The van der Waals surface area contributed by atoms with Crippen molar-refractivity contribution in [3.05, 3.63) is 42.0 Å². The largest absolute Gasteiger partial charge is 0.486 e. The van der Waals surface area contributed by atoms with Crippen LogP contribution in [0.25, 0.3) is 0 Å². The molecule has 0 bridgehead atoms. The number of sulfonamides is 1. The van der Waals surface area contributed by atoms with Crippen molar-refractivity contribution in [1.29, 1.82) is 0 Å². The van der Waals surface area contributed by atoms with E-state index in [2.05, 4.69) is 16.1 Å². The minimum Gasteiger partial charge on any atom is -0.486 e. The van der Waals surface area contributed by atoms with Crippen LogP contribution in [0.15, 0.2) is 41.3 Å². The van der Waals surface area contributed by atoms with E-state index in [0.29, 0.717) is 44.3 Å². The monoisotopic (exact) mass is 938 g/mol. The third-order valence-corrected chi connectivity index (χ3v) is 12.2. The Kier molecular flexibility index (Phi) is 20.7. The number of nitrogens with one attached hydrogen (secondary N) is 3. The number of nitrogens with zero attached hydrogens (tertiary/aromatic N) is 1. The molecule has 2 fully saturated rings. The molecule has 0 saturated heterocycles. The van der Waals surface area contributed by atoms with E-state index in [1.54, 1.807) is 54.5 Å². The second-order valence-corrected chi connectivity index (χ2v) is 20.3. The fourth-order valence-corrected chi connectivity index (χ4v) is 8.52. The van der Waals surface area contributed by atoms with Gasteiger partial charge >= 0.3 is 12.2 Å². The molecule has 2 saturated carbocycles. The maximum atomic E-state index is 13.5. The van der Waals surface area contributed by atoms with Crippen LogP contribution in [0.5, 0.6) is 23.0 Å². The number of hydroxylamine groups is 2. The molecule has 0 unspecified atom stereocenters. The number of aliphatic hydroxyl groups excluding tert-OH is 2. The van der Waals surface area contributed by atoms with Crippen molar-refractivity contribution in [2.24, 2.45) is 0 Å². The summed E-state index contributed by atoms with van der Waals surface area (Å²) in [5, 5.41) is 26.3. The van der Waals surface area contributed by atoms with Crippen molar-refractivity contribution >= 4 is 22.2 Å². The van der Waals surface area contributed by atoms with Crippen LogP contribution < -0.4 is 35.1 Å². The molecular formula is C46H74N4O14S. The molecule has 2 amide bonds. The lowest BCUT2D eigenvalue weighted by molar-refractivity contribution is -0.145. The highest BCUT2D eigenvalue weighted by atomic mass is 32.2. The molecule has 19 heteroatoms. The van der Waals surface area contributed by atoms with Crippen molar-refractivity contribution in [2.75, 3.05) is 33.1 Å². The minimum absolute atomic E-state index is 0.0323. The summed E-state index contributed by atoms with van der Waals surface area (Å²) in [4.78, 5) is 35.3. The van der Waals surface area contributed by atoms with Gasteiger partial charge in [-0.3, -0.25) is 9.68 Å². The van der Waals surface area contributed by atoms with Crippen LogP contribution in [0.4, 0.5) is 9.59 Å². The first-order valence-corrected chi connectivity index (χ1v) is 24.3. The van der Waals surface area contributed by atoms with Crippen molar-refractivity contribution < 1.29 is 66.3 Å². The third-order valence-electron chi connectivity index (χ3n) is 10.6. The average Bonchev–Trinajstić information content (AvgIpc) is 4.05. The third kappa shape index (κ3) is 18.2. The molecule has 0 radical (unpaired) electrons. The number of aryl methyl sites for hydroxylation is 1. The van der Waals surface area contributed by atoms with Gasteiger partial charge in [0.25, 0.3) is 10.0 Å². The Hall–Kier alpha value is -4.11. The van der Waals surface area contributed by atoms with E-state index in [1.165, 1.54) is 30.5 Å². The summed E-state index contributed by atoms with van der Waals surface area (Å²) in [5.41, 5.74) is 2.77. The highest BCUT2D eigenvalue weighted by Gasteiger charge is 2.35. The highest BCUT2D eigenvalue weighted by Crippen LogP contribution is 2.35. The molecule has 0 aromatic heterocycles. The minimum atomic E-state index is -4.14. The quantitative estimate of drug-likeness (QED) is 0.109. The predicted octanol–water partition coefficient (Wildman–Crippen LogP) is 6.83. The Morgan fingerprint density at radius 3 is 1.78 bits per heavy atom. The summed E-state index contributed by atoms with van der Waals surface area (Å²) in [6.45, 7) is 17.3. The fraction of sp³-hybridized carbons (Fsp3) is 0.696. The molecule has 65 heavy (non-hydrogen) atoms. The van der Waals surface area contributed by atoms with Crippen LogP contribution in [0, 0.1) is 6.92 Å². The van der Waals surface area contributed by atoms with Gasteiger partial charge in [-0.2, -0.15) is 5.48 Å². The molecule has 2 aromatic rings. The summed E-state index contributed by atoms with van der Waals surface area (Å²) >= 11 is 0. The van der Waals surface area contributed by atoms with Gasteiger partial charge in [-0.05, 0) is 117 Å². The summed E-state index contributed by atoms with van der Waals surface area (Å²) < 4.78 is 59.7. The highest BCUT2D eigenvalue weighted by molar-refractivity contribution is 7.89. The zero-order chi connectivity index (χ0) is 47.8. The van der Waals surface area contributed by atoms with Crippen LogP contribution in [0.2, 0.25) is 0 Å². The van der Waals surface area contributed by atoms with Crippen molar-refractivity contribution in [3.8, 4) is 23.0 Å². The number of amides is 2. The van der Waals surface area contributed by atoms with Gasteiger partial charge in [0.05, 0.1) is 47.9 Å². The van der Waals surface area contributed by atoms with E-state index < -0.39 is 51.7 Å². The second-order valence-electron chi connectivity index (χ2n) is 18.5. The standard InChI is InChI=1S/C23H36N2O8S.C15H30N2O4.C8H8O2/c1-5-18(24-22(27)32-23(2,3)4)19(26)15-25(33-16-8-6-7-9-16)34(28,29)17-10-11-20-21(14-17)31-13-12-30-20;1-5-12(17-14(19)20-15(2,3)4)13(18)10-16-21-11-8-6-7-9-11;1-6-2-3-7-8(4-6)10-5-9-7/h10-11,14,16,18-19,26H,5-9,12-13,15H2,1-4H3,(H,24,27);11-13,16,18H,5-10H2,1-4H3,(H,17,19);2-4H,5H2,1H3/t18-,19+;12-,13+;/m00./s1. The Balaban J connectivity index is 0.000000250. The van der Waals surface area contributed by atoms with Gasteiger partial charge in [0.1, 0.15) is 24.4 Å². The van der Waals surface area contributed by atoms with Crippen LogP contribution in [0.1, 0.15) is 125 Å². The number of hydrogen-bond acceptors (Lipinski definition) is 15. The molecule has 2 aromatic carbocycles. The maximum absolute atomic E-state index is 13.5. The topological polar surface area (TPSA) is 222 Å². The first kappa shape index (κ1) is 53.5. The van der Waals surface area contributed by atoms with E-state index >= 15 is 0 Å². The van der Waals surface area contributed by atoms with E-state index in [9.17, 15) is 28.2 Å². The second kappa shape index (κ2) is 25.1. The van der Waals surface area contributed by atoms with Gasteiger partial charge in [0, 0.05) is 12.6 Å². The van der Waals surface area contributed by atoms with E-state index in [4.69, 9.17) is 38.1 Å².